The number of fused-ring (bicyclic) bond motifs is 2. The first-order valence-corrected chi connectivity index (χ1v) is 16.9. The number of rotatable bonds is 10. The number of aromatic hydroxyl groups is 3. The Morgan fingerprint density at radius 1 is 1.02 bits per heavy atom. The van der Waals surface area contributed by atoms with E-state index < -0.39 is 52.2 Å². The van der Waals surface area contributed by atoms with E-state index in [1.54, 1.807) is 0 Å². The first kappa shape index (κ1) is 35.6. The molecule has 1 unspecified atom stereocenters. The van der Waals surface area contributed by atoms with Crippen molar-refractivity contribution in [3.63, 3.8) is 0 Å². The smallest absolute Gasteiger partial charge is 0.352 e. The van der Waals surface area contributed by atoms with Gasteiger partial charge in [0.05, 0.1) is 22.4 Å². The highest BCUT2D eigenvalue weighted by atomic mass is 32.2. The highest BCUT2D eigenvalue weighted by molar-refractivity contribution is 8.00. The fourth-order valence-electron chi connectivity index (χ4n) is 5.07. The van der Waals surface area contributed by atoms with Crippen LogP contribution in [0.3, 0.4) is 0 Å². The van der Waals surface area contributed by atoms with Crippen molar-refractivity contribution < 1.29 is 49.5 Å². The van der Waals surface area contributed by atoms with Gasteiger partial charge in [-0.2, -0.15) is 0 Å². The van der Waals surface area contributed by atoms with Gasteiger partial charge in [-0.25, -0.2) is 9.48 Å². The number of aromatic nitrogens is 4. The SMILES string of the molecule is NC(=O)c1c(C(C(N)=O)c2ccc(O)cc2)sc2c(O)c(O)ccc2c1=O.O=C(O)Cn1nnnc1SCC1=C(C(=O)O)N2C(=O)C[C@@H]2SC1. The zero-order chi connectivity index (χ0) is 36.4. The number of nitrogens with two attached hydrogens (primary N) is 2. The molecule has 21 heteroatoms. The van der Waals surface area contributed by atoms with E-state index in [4.69, 9.17) is 16.6 Å². The van der Waals surface area contributed by atoms with Crippen LogP contribution in [0.25, 0.3) is 10.1 Å². The van der Waals surface area contributed by atoms with Gasteiger partial charge in [0.25, 0.3) is 5.91 Å². The molecule has 2 aliphatic rings. The standard InChI is InChI=1S/C18H14N2O6S.C11H11N5O5S2/c19-17(25)11(7-1-3-8(21)4-2-7)16-12(18(20)26)13(23)9-5-6-10(22)14(24)15(9)27-16;17-6-1-7-16(6)9(10(20)21)5(3-22-7)4-23-11-12-13-14-15(11)2-8(18)19/h1-6,11,21-22,24H,(H2,19,25)(H2,20,26);7H,1-4H2,(H,18,19)(H,20,21)/t;7-/m.0/s1. The average Bonchev–Trinajstić information content (AvgIpc) is 3.48. The molecule has 4 aromatic rings. The normalized spacial score (nSPS) is 15.8. The van der Waals surface area contributed by atoms with Crippen LogP contribution in [0.1, 0.15) is 33.1 Å². The summed E-state index contributed by atoms with van der Waals surface area (Å²) >= 11 is 3.42. The van der Waals surface area contributed by atoms with Gasteiger partial charge in [0, 0.05) is 21.8 Å². The highest BCUT2D eigenvalue weighted by Gasteiger charge is 2.45. The molecule has 1 fully saturated rings. The molecular weight excluding hydrogens is 719 g/mol. The van der Waals surface area contributed by atoms with Crippen LogP contribution >= 0.6 is 34.9 Å². The number of carboxylic acid groups (broad SMARTS) is 2. The second-order valence-corrected chi connectivity index (χ2v) is 13.7. The number of nitrogens with zero attached hydrogens (tertiary/aromatic N) is 5. The molecule has 0 spiro atoms. The van der Waals surface area contributed by atoms with Gasteiger partial charge in [0.2, 0.25) is 22.4 Å². The number of carbonyl (C=O) groups excluding carboxylic acids is 3. The van der Waals surface area contributed by atoms with E-state index in [1.165, 1.54) is 47.0 Å². The molecule has 2 aromatic heterocycles. The number of carboxylic acids is 2. The molecule has 50 heavy (non-hydrogen) atoms. The van der Waals surface area contributed by atoms with E-state index in [0.717, 1.165) is 33.8 Å². The van der Waals surface area contributed by atoms with E-state index in [0.29, 0.717) is 23.3 Å². The molecule has 0 aliphatic carbocycles. The molecule has 0 bridgehead atoms. The third kappa shape index (κ3) is 7.04. The maximum Gasteiger partial charge on any atom is 0.352 e. The summed E-state index contributed by atoms with van der Waals surface area (Å²) in [6.07, 6.45) is 0.360. The number of benzene rings is 2. The molecular formula is C29H25N7O11S3. The Morgan fingerprint density at radius 2 is 1.72 bits per heavy atom. The van der Waals surface area contributed by atoms with Gasteiger partial charge >= 0.3 is 11.9 Å². The third-order valence-corrected chi connectivity index (χ3v) is 11.0. The second kappa shape index (κ2) is 14.4. The van der Waals surface area contributed by atoms with Crippen LogP contribution in [0.5, 0.6) is 17.2 Å². The van der Waals surface area contributed by atoms with Crippen molar-refractivity contribution in [2.45, 2.75) is 29.4 Å². The molecule has 2 aliphatic heterocycles. The zero-order valence-electron chi connectivity index (χ0n) is 25.2. The molecule has 9 N–H and O–H groups in total. The number of carbonyl (C=O) groups is 5. The minimum Gasteiger partial charge on any atom is -0.508 e. The van der Waals surface area contributed by atoms with E-state index in [2.05, 4.69) is 15.5 Å². The summed E-state index contributed by atoms with van der Waals surface area (Å²) in [6, 6.07) is 7.84. The molecule has 0 saturated carbocycles. The Morgan fingerprint density at radius 3 is 2.32 bits per heavy atom. The van der Waals surface area contributed by atoms with Crippen LogP contribution in [-0.4, -0.2) is 97.2 Å². The monoisotopic (exact) mass is 743 g/mol. The van der Waals surface area contributed by atoms with E-state index >= 15 is 0 Å². The zero-order valence-corrected chi connectivity index (χ0v) is 27.7. The summed E-state index contributed by atoms with van der Waals surface area (Å²) in [6.45, 7) is -0.373. The predicted octanol–water partition coefficient (Wildman–Crippen LogP) is 0.588. The first-order valence-electron chi connectivity index (χ1n) is 14.1. The molecule has 3 amide bonds. The van der Waals surface area contributed by atoms with Crippen LogP contribution in [-0.2, 0) is 25.7 Å². The van der Waals surface area contributed by atoms with Gasteiger partial charge in [0.1, 0.15) is 23.6 Å². The number of hydrogen-bond acceptors (Lipinski definition) is 15. The molecule has 0 radical (unpaired) electrons. The molecule has 18 nitrogen and oxygen atoms in total. The van der Waals surface area contributed by atoms with Crippen molar-refractivity contribution >= 4 is 74.6 Å². The largest absolute Gasteiger partial charge is 0.508 e. The minimum atomic E-state index is -1.23. The fourth-order valence-corrected chi connectivity index (χ4v) is 8.70. The van der Waals surface area contributed by atoms with Crippen LogP contribution in [0.15, 0.2) is 57.6 Å². The van der Waals surface area contributed by atoms with Crippen molar-refractivity contribution in [3.8, 4) is 17.2 Å². The van der Waals surface area contributed by atoms with Crippen molar-refractivity contribution in [2.24, 2.45) is 11.5 Å². The van der Waals surface area contributed by atoms with Gasteiger partial charge in [-0.1, -0.05) is 23.9 Å². The van der Waals surface area contributed by atoms with Crippen molar-refractivity contribution in [2.75, 3.05) is 11.5 Å². The molecule has 1 saturated heterocycles. The number of amides is 3. The third-order valence-electron chi connectivity index (χ3n) is 7.35. The summed E-state index contributed by atoms with van der Waals surface area (Å²) in [5, 5.41) is 58.3. The average molecular weight is 744 g/mol. The Bertz CT molecular complexity index is 2150. The molecule has 260 valence electrons. The van der Waals surface area contributed by atoms with Crippen LogP contribution < -0.4 is 16.9 Å². The number of β-lactam (4-membered cyclic amide) rings is 1. The summed E-state index contributed by atoms with van der Waals surface area (Å²) in [5.41, 5.74) is 10.6. The Labute approximate surface area is 292 Å². The summed E-state index contributed by atoms with van der Waals surface area (Å²) in [7, 11) is 0. The second-order valence-electron chi connectivity index (χ2n) is 10.6. The molecule has 2 aromatic carbocycles. The Hall–Kier alpha value is -5.67. The quantitative estimate of drug-likeness (QED) is 0.0664. The van der Waals surface area contributed by atoms with Crippen LogP contribution in [0.2, 0.25) is 0 Å². The lowest BCUT2D eigenvalue weighted by atomic mass is 9.93. The van der Waals surface area contributed by atoms with E-state index in [9.17, 15) is 49.2 Å². The number of phenols is 3. The molecule has 2 atom stereocenters. The van der Waals surface area contributed by atoms with Crippen LogP contribution in [0, 0.1) is 0 Å². The number of tetrazole rings is 1. The van der Waals surface area contributed by atoms with E-state index in [1.807, 2.05) is 0 Å². The van der Waals surface area contributed by atoms with Gasteiger partial charge in [0.15, 0.2) is 11.5 Å². The van der Waals surface area contributed by atoms with Gasteiger partial charge in [-0.15, -0.1) is 28.2 Å². The Kier molecular flexibility index (Phi) is 10.3. The maximum atomic E-state index is 12.8. The lowest BCUT2D eigenvalue weighted by Crippen LogP contribution is -2.54. The lowest BCUT2D eigenvalue weighted by molar-refractivity contribution is -0.146. The topological polar surface area (TPSA) is 302 Å². The lowest BCUT2D eigenvalue weighted by Gasteiger charge is -2.43. The number of thioether (sulfide) groups is 2. The molecule has 6 rings (SSSR count). The number of phenolic OH excluding ortho intramolecular Hbond substituents is 3. The predicted molar refractivity (Wildman–Crippen MR) is 178 cm³/mol. The number of aliphatic carboxylic acids is 2. The van der Waals surface area contributed by atoms with E-state index in [-0.39, 0.29) is 55.1 Å². The number of hydrogen-bond donors (Lipinski definition) is 7. The van der Waals surface area contributed by atoms with Gasteiger partial charge < -0.3 is 37.0 Å². The van der Waals surface area contributed by atoms with Crippen molar-refractivity contribution in [1.82, 2.24) is 25.1 Å². The fraction of sp³-hybridized carbons (Fsp3) is 0.207. The van der Waals surface area contributed by atoms with Crippen LogP contribution in [0.4, 0.5) is 0 Å². The summed E-state index contributed by atoms with van der Waals surface area (Å²) in [4.78, 5) is 72.0. The Balaban J connectivity index is 0.000000197. The minimum absolute atomic E-state index is 0.00923. The molecule has 4 heterocycles. The maximum absolute atomic E-state index is 12.8. The first-order chi connectivity index (χ1) is 23.7. The van der Waals surface area contributed by atoms with Crippen molar-refractivity contribution in [3.05, 3.63) is 73.9 Å². The van der Waals surface area contributed by atoms with Gasteiger partial charge in [-0.05, 0) is 45.8 Å². The number of primary amides is 2. The summed E-state index contributed by atoms with van der Waals surface area (Å²) < 4.78 is 1.12. The summed E-state index contributed by atoms with van der Waals surface area (Å²) in [5.74, 6) is -5.84. The van der Waals surface area contributed by atoms with Gasteiger partial charge in [-0.3, -0.25) is 28.9 Å². The highest BCUT2D eigenvalue weighted by Crippen LogP contribution is 2.42. The van der Waals surface area contributed by atoms with Crippen molar-refractivity contribution in [1.29, 1.82) is 0 Å².